The zero-order valence-corrected chi connectivity index (χ0v) is 10.2. The maximum Gasteiger partial charge on any atom is 0.328 e. The summed E-state index contributed by atoms with van der Waals surface area (Å²) in [5.74, 6) is -1.03. The first-order chi connectivity index (χ1) is 8.07. The van der Waals surface area contributed by atoms with Crippen LogP contribution in [0.5, 0.6) is 0 Å². The van der Waals surface area contributed by atoms with Crippen molar-refractivity contribution in [2.24, 2.45) is 0 Å². The van der Waals surface area contributed by atoms with Gasteiger partial charge in [-0.1, -0.05) is 0 Å². The minimum Gasteiger partial charge on any atom is -0.480 e. The van der Waals surface area contributed by atoms with E-state index < -0.39 is 12.0 Å². The average Bonchev–Trinajstić information content (AvgIpc) is 2.34. The van der Waals surface area contributed by atoms with Crippen LogP contribution in [0.25, 0.3) is 0 Å². The van der Waals surface area contributed by atoms with Gasteiger partial charge >= 0.3 is 12.0 Å². The lowest BCUT2D eigenvalue weighted by molar-refractivity contribution is -0.147. The number of hydrogen-bond donors (Lipinski definition) is 2. The highest BCUT2D eigenvalue weighted by Crippen LogP contribution is 2.09. The zero-order chi connectivity index (χ0) is 12.8. The van der Waals surface area contributed by atoms with Gasteiger partial charge in [-0.2, -0.15) is 0 Å². The van der Waals surface area contributed by atoms with Gasteiger partial charge in [-0.15, -0.1) is 0 Å². The zero-order valence-electron chi connectivity index (χ0n) is 10.2. The van der Waals surface area contributed by atoms with Gasteiger partial charge in [0.05, 0.1) is 13.2 Å². The molecule has 7 heteroatoms. The molecular formula is C10H19N3O4. The van der Waals surface area contributed by atoms with Gasteiger partial charge in [-0.3, -0.25) is 0 Å². The first-order valence-electron chi connectivity index (χ1n) is 5.54. The predicted octanol–water partition coefficient (Wildman–Crippen LogP) is -0.957. The van der Waals surface area contributed by atoms with E-state index in [0.29, 0.717) is 26.2 Å². The third-order valence-electron chi connectivity index (χ3n) is 2.68. The maximum absolute atomic E-state index is 12.0. The molecular weight excluding hydrogens is 226 g/mol. The molecule has 1 rings (SSSR count). The second-order valence-electron chi connectivity index (χ2n) is 3.93. The van der Waals surface area contributed by atoms with Crippen molar-refractivity contribution in [1.29, 1.82) is 0 Å². The molecule has 0 aliphatic carbocycles. The molecule has 1 atom stereocenters. The Morgan fingerprint density at radius 2 is 2.29 bits per heavy atom. The van der Waals surface area contributed by atoms with E-state index in [9.17, 15) is 9.59 Å². The molecule has 0 aromatic rings. The first kappa shape index (κ1) is 13.7. The fraction of sp³-hybridized carbons (Fsp3) is 0.800. The van der Waals surface area contributed by atoms with Crippen LogP contribution >= 0.6 is 0 Å². The smallest absolute Gasteiger partial charge is 0.328 e. The number of nitrogens with one attached hydrogen (secondary N) is 1. The number of carboxylic acids is 1. The van der Waals surface area contributed by atoms with Gasteiger partial charge in [0, 0.05) is 26.7 Å². The highest BCUT2D eigenvalue weighted by atomic mass is 16.5. The van der Waals surface area contributed by atoms with Crippen LogP contribution in [0.15, 0.2) is 0 Å². The van der Waals surface area contributed by atoms with Crippen molar-refractivity contribution < 1.29 is 19.4 Å². The molecule has 0 bridgehead atoms. The van der Waals surface area contributed by atoms with Crippen LogP contribution in [0.3, 0.4) is 0 Å². The van der Waals surface area contributed by atoms with Crippen molar-refractivity contribution in [2.75, 3.05) is 46.9 Å². The highest BCUT2D eigenvalue weighted by Gasteiger charge is 2.33. The molecule has 0 radical (unpaired) electrons. The lowest BCUT2D eigenvalue weighted by Gasteiger charge is -2.35. The molecule has 7 nitrogen and oxygen atoms in total. The van der Waals surface area contributed by atoms with Gasteiger partial charge in [-0.05, 0) is 7.05 Å². The number of carbonyl (C=O) groups is 2. The van der Waals surface area contributed by atoms with Crippen LogP contribution in [-0.2, 0) is 9.53 Å². The van der Waals surface area contributed by atoms with Crippen molar-refractivity contribution in [2.45, 2.75) is 6.04 Å². The second-order valence-corrected chi connectivity index (χ2v) is 3.93. The third-order valence-corrected chi connectivity index (χ3v) is 2.68. The summed E-state index contributed by atoms with van der Waals surface area (Å²) in [4.78, 5) is 25.9. The standard InChI is InChI=1S/C10H19N3O4/c1-11-3-4-12(2)10(16)13-5-6-17-7-8(13)9(14)15/h8,11H,3-7H2,1-2H3,(H,14,15). The summed E-state index contributed by atoms with van der Waals surface area (Å²) < 4.78 is 5.08. The number of morpholine rings is 1. The molecule has 1 saturated heterocycles. The van der Waals surface area contributed by atoms with E-state index in [0.717, 1.165) is 0 Å². The molecule has 0 spiro atoms. The number of likely N-dealkylation sites (N-methyl/N-ethyl adjacent to an activating group) is 2. The van der Waals surface area contributed by atoms with Crippen LogP contribution in [0, 0.1) is 0 Å². The van der Waals surface area contributed by atoms with Gasteiger partial charge in [0.2, 0.25) is 0 Å². The highest BCUT2D eigenvalue weighted by molar-refractivity contribution is 5.82. The van der Waals surface area contributed by atoms with Crippen molar-refractivity contribution >= 4 is 12.0 Å². The molecule has 2 N–H and O–H groups in total. The summed E-state index contributed by atoms with van der Waals surface area (Å²) >= 11 is 0. The summed E-state index contributed by atoms with van der Waals surface area (Å²) in [6.07, 6.45) is 0. The monoisotopic (exact) mass is 245 g/mol. The van der Waals surface area contributed by atoms with Crippen molar-refractivity contribution in [3.63, 3.8) is 0 Å². The molecule has 0 saturated carbocycles. The number of carboxylic acid groups (broad SMARTS) is 1. The van der Waals surface area contributed by atoms with E-state index in [4.69, 9.17) is 9.84 Å². The Morgan fingerprint density at radius 1 is 1.59 bits per heavy atom. The minimum absolute atomic E-state index is 0.0565. The van der Waals surface area contributed by atoms with Crippen LogP contribution < -0.4 is 5.32 Å². The topological polar surface area (TPSA) is 82.1 Å². The van der Waals surface area contributed by atoms with Crippen LogP contribution in [0.2, 0.25) is 0 Å². The fourth-order valence-corrected chi connectivity index (χ4v) is 1.63. The van der Waals surface area contributed by atoms with Crippen LogP contribution in [0.1, 0.15) is 0 Å². The summed E-state index contributed by atoms with van der Waals surface area (Å²) in [5, 5.41) is 11.9. The number of nitrogens with zero attached hydrogens (tertiary/aromatic N) is 2. The Bertz CT molecular complexity index is 285. The van der Waals surface area contributed by atoms with Crippen LogP contribution in [0.4, 0.5) is 4.79 Å². The molecule has 1 fully saturated rings. The first-order valence-corrected chi connectivity index (χ1v) is 5.54. The number of aliphatic carboxylic acids is 1. The number of carbonyl (C=O) groups excluding carboxylic acids is 1. The molecule has 98 valence electrons. The molecule has 0 aromatic heterocycles. The molecule has 2 amide bonds. The van der Waals surface area contributed by atoms with E-state index in [1.54, 1.807) is 14.1 Å². The van der Waals surface area contributed by atoms with Crippen molar-refractivity contribution in [3.8, 4) is 0 Å². The number of amides is 2. The largest absolute Gasteiger partial charge is 0.480 e. The van der Waals surface area contributed by atoms with Gasteiger partial charge in [0.1, 0.15) is 0 Å². The van der Waals surface area contributed by atoms with Crippen molar-refractivity contribution in [3.05, 3.63) is 0 Å². The maximum atomic E-state index is 12.0. The van der Waals surface area contributed by atoms with Gasteiger partial charge < -0.3 is 25.0 Å². The molecule has 1 unspecified atom stereocenters. The Balaban J connectivity index is 2.61. The summed E-state index contributed by atoms with van der Waals surface area (Å²) in [6, 6.07) is -1.15. The van der Waals surface area contributed by atoms with Gasteiger partial charge in [0.25, 0.3) is 0 Å². The minimum atomic E-state index is -1.03. The quantitative estimate of drug-likeness (QED) is 0.667. The average molecular weight is 245 g/mol. The summed E-state index contributed by atoms with van der Waals surface area (Å²) in [6.45, 7) is 1.97. The lowest BCUT2D eigenvalue weighted by Crippen LogP contribution is -2.56. The van der Waals surface area contributed by atoms with Crippen LogP contribution in [-0.4, -0.2) is 79.9 Å². The van der Waals surface area contributed by atoms with Gasteiger partial charge in [-0.25, -0.2) is 9.59 Å². The van der Waals surface area contributed by atoms with E-state index in [2.05, 4.69) is 5.32 Å². The van der Waals surface area contributed by atoms with E-state index >= 15 is 0 Å². The second kappa shape index (κ2) is 6.41. The SMILES string of the molecule is CNCCN(C)C(=O)N1CCOCC1C(=O)O. The third kappa shape index (κ3) is 3.57. The summed E-state index contributed by atoms with van der Waals surface area (Å²) in [7, 11) is 3.46. The normalized spacial score (nSPS) is 20.1. The molecule has 1 aliphatic heterocycles. The molecule has 1 heterocycles. The Kier molecular flexibility index (Phi) is 5.17. The number of ether oxygens (including phenoxy) is 1. The van der Waals surface area contributed by atoms with E-state index in [1.165, 1.54) is 9.80 Å². The van der Waals surface area contributed by atoms with Gasteiger partial charge in [0.15, 0.2) is 6.04 Å². The Labute approximate surface area is 100 Å². The van der Waals surface area contributed by atoms with E-state index in [1.807, 2.05) is 0 Å². The number of urea groups is 1. The lowest BCUT2D eigenvalue weighted by atomic mass is 10.2. The molecule has 0 aromatic carbocycles. The fourth-order valence-electron chi connectivity index (χ4n) is 1.63. The molecule has 17 heavy (non-hydrogen) atoms. The number of hydrogen-bond acceptors (Lipinski definition) is 4. The molecule has 1 aliphatic rings. The Hall–Kier alpha value is -1.34. The number of rotatable bonds is 4. The Morgan fingerprint density at radius 3 is 2.88 bits per heavy atom. The van der Waals surface area contributed by atoms with Crippen molar-refractivity contribution in [1.82, 2.24) is 15.1 Å². The van der Waals surface area contributed by atoms with E-state index in [-0.39, 0.29) is 12.6 Å². The summed E-state index contributed by atoms with van der Waals surface area (Å²) in [5.41, 5.74) is 0. The predicted molar refractivity (Wildman–Crippen MR) is 60.9 cm³/mol.